The van der Waals surface area contributed by atoms with E-state index >= 15 is 0 Å². The molecule has 3 aromatic heterocycles. The maximum atomic E-state index is 13.3. The topological polar surface area (TPSA) is 157 Å². The van der Waals surface area contributed by atoms with Crippen molar-refractivity contribution >= 4 is 23.1 Å². The third-order valence-corrected chi connectivity index (χ3v) is 6.61. The predicted molar refractivity (Wildman–Crippen MR) is 123 cm³/mol. The number of nitrogens with two attached hydrogens (primary N) is 1. The molecule has 5 rings (SSSR count). The van der Waals surface area contributed by atoms with Crippen LogP contribution in [-0.4, -0.2) is 61.3 Å². The largest absolute Gasteiger partial charge is 0.481 e. The molecule has 2 aliphatic rings. The lowest BCUT2D eigenvalue weighted by molar-refractivity contribution is -0.132. The number of nitrogens with zero attached hydrogens (tertiary/aromatic N) is 4. The van der Waals surface area contributed by atoms with E-state index in [0.717, 1.165) is 31.2 Å². The Morgan fingerprint density at radius 3 is 2.53 bits per heavy atom. The Bertz CT molecular complexity index is 1250. The molecular formula is C23H27N7O4. The van der Waals surface area contributed by atoms with Gasteiger partial charge in [0.05, 0.1) is 18.4 Å². The molecule has 0 radical (unpaired) electrons. The lowest BCUT2D eigenvalue weighted by Crippen LogP contribution is -2.47. The lowest BCUT2D eigenvalue weighted by Gasteiger charge is -2.30. The maximum absolute atomic E-state index is 13.3. The molecule has 0 spiro atoms. The van der Waals surface area contributed by atoms with E-state index in [1.807, 2.05) is 0 Å². The highest BCUT2D eigenvalue weighted by atomic mass is 16.5. The van der Waals surface area contributed by atoms with Gasteiger partial charge in [0.25, 0.3) is 11.8 Å². The third-order valence-electron chi connectivity index (χ3n) is 6.61. The summed E-state index contributed by atoms with van der Waals surface area (Å²) in [5.74, 6) is 0.108. The zero-order valence-electron chi connectivity index (χ0n) is 18.8. The van der Waals surface area contributed by atoms with Crippen LogP contribution in [0.15, 0.2) is 30.7 Å². The number of anilines is 1. The molecule has 0 aliphatic heterocycles. The van der Waals surface area contributed by atoms with Crippen LogP contribution in [0.3, 0.4) is 0 Å². The second-order valence-electron chi connectivity index (χ2n) is 8.96. The van der Waals surface area contributed by atoms with E-state index in [2.05, 4.69) is 25.7 Å². The van der Waals surface area contributed by atoms with Crippen LogP contribution in [0, 0.1) is 0 Å². The zero-order valence-corrected chi connectivity index (χ0v) is 18.8. The number of ether oxygens (including phenoxy) is 1. The van der Waals surface area contributed by atoms with Gasteiger partial charge in [0, 0.05) is 29.9 Å². The number of aromatic nitrogens is 4. The normalized spacial score (nSPS) is 21.1. The second kappa shape index (κ2) is 8.56. The second-order valence-corrected chi connectivity index (χ2v) is 8.96. The van der Waals surface area contributed by atoms with Gasteiger partial charge in [-0.1, -0.05) is 0 Å². The van der Waals surface area contributed by atoms with Crippen molar-refractivity contribution in [2.75, 3.05) is 12.8 Å². The van der Waals surface area contributed by atoms with Crippen LogP contribution in [0.1, 0.15) is 48.9 Å². The van der Waals surface area contributed by atoms with Crippen molar-refractivity contribution in [1.82, 2.24) is 30.2 Å². The molecular weight excluding hydrogens is 438 g/mol. The Labute approximate surface area is 195 Å². The van der Waals surface area contributed by atoms with Crippen LogP contribution in [-0.2, 0) is 4.79 Å². The molecule has 2 amide bonds. The van der Waals surface area contributed by atoms with Crippen molar-refractivity contribution in [2.45, 2.75) is 56.2 Å². The van der Waals surface area contributed by atoms with Gasteiger partial charge in [-0.3, -0.25) is 9.59 Å². The number of rotatable bonds is 6. The minimum absolute atomic E-state index is 0.0119. The van der Waals surface area contributed by atoms with E-state index < -0.39 is 5.60 Å². The van der Waals surface area contributed by atoms with Gasteiger partial charge >= 0.3 is 0 Å². The highest BCUT2D eigenvalue weighted by Crippen LogP contribution is 2.35. The van der Waals surface area contributed by atoms with E-state index in [0.29, 0.717) is 35.5 Å². The molecule has 0 saturated heterocycles. The molecule has 3 heterocycles. The minimum atomic E-state index is -1.17. The number of carbonyl (C=O) groups is 2. The number of hydrogen-bond donors (Lipinski definition) is 4. The number of methoxy groups -OCH3 is 1. The van der Waals surface area contributed by atoms with E-state index in [1.165, 1.54) is 13.4 Å². The van der Waals surface area contributed by atoms with Crippen molar-refractivity contribution < 1.29 is 19.4 Å². The summed E-state index contributed by atoms with van der Waals surface area (Å²) in [5.41, 5.74) is 7.22. The molecule has 34 heavy (non-hydrogen) atoms. The molecule has 0 unspecified atom stereocenters. The van der Waals surface area contributed by atoms with Crippen LogP contribution in [0.25, 0.3) is 16.8 Å². The van der Waals surface area contributed by atoms with Crippen molar-refractivity contribution in [3.63, 3.8) is 0 Å². The van der Waals surface area contributed by atoms with Crippen molar-refractivity contribution in [3.05, 3.63) is 36.3 Å². The molecule has 178 valence electrons. The summed E-state index contributed by atoms with van der Waals surface area (Å²) >= 11 is 0. The van der Waals surface area contributed by atoms with Crippen molar-refractivity contribution in [1.29, 1.82) is 0 Å². The summed E-state index contributed by atoms with van der Waals surface area (Å²) in [6, 6.07) is 5.29. The Hall–Kier alpha value is -3.73. The SMILES string of the molecule is COc1cc(-c2cc(C(=O)NC3CCC(NC(=O)C4(O)CC4)CC3)c3c(N)ncnn23)ccn1. The fraction of sp³-hybridized carbons (Fsp3) is 0.435. The van der Waals surface area contributed by atoms with Crippen molar-refractivity contribution in [3.8, 4) is 17.1 Å². The van der Waals surface area contributed by atoms with Gasteiger partial charge in [-0.2, -0.15) is 5.10 Å². The van der Waals surface area contributed by atoms with Gasteiger partial charge in [0.1, 0.15) is 17.4 Å². The molecule has 11 nitrogen and oxygen atoms in total. The summed E-state index contributed by atoms with van der Waals surface area (Å²) in [5, 5.41) is 20.3. The maximum Gasteiger partial charge on any atom is 0.253 e. The number of pyridine rings is 1. The molecule has 2 saturated carbocycles. The number of carbonyl (C=O) groups excluding carboxylic acids is 2. The summed E-state index contributed by atoms with van der Waals surface area (Å²) in [4.78, 5) is 33.6. The van der Waals surface area contributed by atoms with Gasteiger partial charge < -0.3 is 26.2 Å². The number of fused-ring (bicyclic) bond motifs is 1. The lowest BCUT2D eigenvalue weighted by atomic mass is 9.90. The first-order valence-corrected chi connectivity index (χ1v) is 11.3. The molecule has 3 aromatic rings. The van der Waals surface area contributed by atoms with Crippen LogP contribution < -0.4 is 21.1 Å². The number of nitrogen functional groups attached to an aromatic ring is 1. The summed E-state index contributed by atoms with van der Waals surface area (Å²) in [6.07, 6.45) is 6.93. The van der Waals surface area contributed by atoms with Crippen LogP contribution in [0.4, 0.5) is 5.82 Å². The van der Waals surface area contributed by atoms with Gasteiger partial charge in [0.2, 0.25) is 5.88 Å². The molecule has 0 atom stereocenters. The first-order chi connectivity index (χ1) is 16.4. The molecule has 2 fully saturated rings. The monoisotopic (exact) mass is 465 g/mol. The quantitative estimate of drug-likeness (QED) is 0.421. The summed E-state index contributed by atoms with van der Waals surface area (Å²) < 4.78 is 6.82. The minimum Gasteiger partial charge on any atom is -0.481 e. The predicted octanol–water partition coefficient (Wildman–Crippen LogP) is 1.06. The average Bonchev–Trinajstić information content (AvgIpc) is 3.47. The molecule has 5 N–H and O–H groups in total. The number of nitrogens with one attached hydrogen (secondary N) is 2. The molecule has 0 bridgehead atoms. The first kappa shape index (κ1) is 22.1. The fourth-order valence-electron chi connectivity index (χ4n) is 4.44. The van der Waals surface area contributed by atoms with Gasteiger partial charge in [0.15, 0.2) is 5.82 Å². The third kappa shape index (κ3) is 4.14. The smallest absolute Gasteiger partial charge is 0.253 e. The van der Waals surface area contributed by atoms with Gasteiger partial charge in [-0.05, 0) is 50.7 Å². The highest BCUT2D eigenvalue weighted by Gasteiger charge is 2.48. The van der Waals surface area contributed by atoms with Gasteiger partial charge in [-0.15, -0.1) is 0 Å². The van der Waals surface area contributed by atoms with Gasteiger partial charge in [-0.25, -0.2) is 14.5 Å². The fourth-order valence-corrected chi connectivity index (χ4v) is 4.44. The van der Waals surface area contributed by atoms with E-state index in [9.17, 15) is 14.7 Å². The Morgan fingerprint density at radius 2 is 1.85 bits per heavy atom. The number of hydrogen-bond acceptors (Lipinski definition) is 8. The van der Waals surface area contributed by atoms with E-state index in [1.54, 1.807) is 28.9 Å². The Balaban J connectivity index is 1.32. The molecule has 11 heteroatoms. The molecule has 2 aliphatic carbocycles. The average molecular weight is 466 g/mol. The number of amides is 2. The first-order valence-electron chi connectivity index (χ1n) is 11.3. The summed E-state index contributed by atoms with van der Waals surface area (Å²) in [7, 11) is 1.54. The highest BCUT2D eigenvalue weighted by molar-refractivity contribution is 6.05. The van der Waals surface area contributed by atoms with Crippen LogP contribution >= 0.6 is 0 Å². The standard InChI is InChI=1S/C23H27N7O4/c1-34-18-10-13(6-9-25-18)17-11-16(19-20(24)26-12-27-30(17)19)21(31)28-14-2-4-15(5-3-14)29-22(32)23(33)7-8-23/h6,9-12,14-15,33H,2-5,7-8H2,1H3,(H,28,31)(H,29,32)(H2,24,26,27). The van der Waals surface area contributed by atoms with E-state index in [-0.39, 0.29) is 29.7 Å². The van der Waals surface area contributed by atoms with Crippen LogP contribution in [0.2, 0.25) is 0 Å². The van der Waals surface area contributed by atoms with E-state index in [4.69, 9.17) is 10.5 Å². The Kier molecular flexibility index (Phi) is 5.56. The number of aliphatic hydroxyl groups is 1. The molecule has 0 aromatic carbocycles. The zero-order chi connectivity index (χ0) is 23.9. The Morgan fingerprint density at radius 1 is 1.15 bits per heavy atom. The van der Waals surface area contributed by atoms with Crippen LogP contribution in [0.5, 0.6) is 5.88 Å². The summed E-state index contributed by atoms with van der Waals surface area (Å²) in [6.45, 7) is 0. The van der Waals surface area contributed by atoms with Crippen molar-refractivity contribution in [2.24, 2.45) is 0 Å².